The highest BCUT2D eigenvalue weighted by Gasteiger charge is 2.05. The molecule has 0 aliphatic heterocycles. The van der Waals surface area contributed by atoms with Gasteiger partial charge in [0.25, 0.3) is 0 Å². The smallest absolute Gasteiger partial charge is 0.137 e. The fourth-order valence-corrected chi connectivity index (χ4v) is 1.72. The summed E-state index contributed by atoms with van der Waals surface area (Å²) in [5, 5.41) is 8.38. The Labute approximate surface area is 98.0 Å². The van der Waals surface area contributed by atoms with Crippen molar-refractivity contribution < 1.29 is 4.74 Å². The van der Waals surface area contributed by atoms with Crippen LogP contribution >= 0.6 is 15.9 Å². The third-order valence-corrected chi connectivity index (χ3v) is 2.57. The first-order chi connectivity index (χ1) is 7.29. The van der Waals surface area contributed by atoms with Crippen LogP contribution in [-0.4, -0.2) is 6.61 Å². The molecule has 0 aliphatic carbocycles. The number of ether oxygens (including phenoxy) is 1. The third kappa shape index (κ3) is 3.54. The molecule has 0 aliphatic rings. The van der Waals surface area contributed by atoms with Crippen molar-refractivity contribution in [3.8, 4) is 11.8 Å². The summed E-state index contributed by atoms with van der Waals surface area (Å²) in [6.45, 7) is 0.996. The van der Waals surface area contributed by atoms with Gasteiger partial charge >= 0.3 is 0 Å². The molecule has 3 nitrogen and oxygen atoms in total. The van der Waals surface area contributed by atoms with Gasteiger partial charge in [0.15, 0.2) is 0 Å². The van der Waals surface area contributed by atoms with Crippen LogP contribution in [0.3, 0.4) is 0 Å². The quantitative estimate of drug-likeness (QED) is 0.836. The molecule has 0 unspecified atom stereocenters. The standard InChI is InChI=1S/C11H13BrN2O/c12-10-5-3-4-9(8-14)11(10)15-7-2-1-6-13/h3-5H,1-2,7-8,14H2. The zero-order chi connectivity index (χ0) is 11.1. The maximum absolute atomic E-state index is 8.38. The van der Waals surface area contributed by atoms with E-state index in [2.05, 4.69) is 22.0 Å². The van der Waals surface area contributed by atoms with Crippen molar-refractivity contribution in [1.29, 1.82) is 5.26 Å². The molecular formula is C11H13BrN2O. The molecule has 0 atom stereocenters. The van der Waals surface area contributed by atoms with E-state index in [9.17, 15) is 0 Å². The van der Waals surface area contributed by atoms with E-state index in [-0.39, 0.29) is 0 Å². The number of nitriles is 1. The molecule has 80 valence electrons. The first kappa shape index (κ1) is 12.0. The Bertz CT molecular complexity index is 360. The molecule has 1 aromatic rings. The van der Waals surface area contributed by atoms with Crippen molar-refractivity contribution in [3.05, 3.63) is 28.2 Å². The molecule has 0 saturated carbocycles. The number of para-hydroxylation sites is 1. The van der Waals surface area contributed by atoms with Gasteiger partial charge in [0, 0.05) is 18.5 Å². The minimum absolute atomic E-state index is 0.451. The van der Waals surface area contributed by atoms with Gasteiger partial charge in [0.2, 0.25) is 0 Å². The molecule has 0 bridgehead atoms. The highest BCUT2D eigenvalue weighted by molar-refractivity contribution is 9.10. The first-order valence-electron chi connectivity index (χ1n) is 4.76. The molecule has 0 heterocycles. The fraction of sp³-hybridized carbons (Fsp3) is 0.364. The largest absolute Gasteiger partial charge is 0.492 e. The van der Waals surface area contributed by atoms with E-state index in [1.807, 2.05) is 18.2 Å². The number of halogens is 1. The van der Waals surface area contributed by atoms with Gasteiger partial charge < -0.3 is 10.5 Å². The van der Waals surface area contributed by atoms with Crippen LogP contribution in [0.5, 0.6) is 5.75 Å². The number of benzene rings is 1. The molecule has 0 spiro atoms. The van der Waals surface area contributed by atoms with Gasteiger partial charge in [-0.1, -0.05) is 12.1 Å². The van der Waals surface area contributed by atoms with E-state index in [4.69, 9.17) is 15.7 Å². The average molecular weight is 269 g/mol. The number of nitrogens with two attached hydrogens (primary N) is 1. The molecule has 0 fully saturated rings. The van der Waals surface area contributed by atoms with Crippen molar-refractivity contribution >= 4 is 15.9 Å². The van der Waals surface area contributed by atoms with Gasteiger partial charge in [-0.25, -0.2) is 0 Å². The van der Waals surface area contributed by atoms with Gasteiger partial charge in [-0.2, -0.15) is 5.26 Å². The highest BCUT2D eigenvalue weighted by Crippen LogP contribution is 2.28. The molecule has 4 heteroatoms. The summed E-state index contributed by atoms with van der Waals surface area (Å²) in [5.74, 6) is 0.790. The van der Waals surface area contributed by atoms with Crippen LogP contribution in [0.2, 0.25) is 0 Å². The summed E-state index contributed by atoms with van der Waals surface area (Å²) in [7, 11) is 0. The number of unbranched alkanes of at least 4 members (excludes halogenated alkanes) is 1. The molecule has 2 N–H and O–H groups in total. The van der Waals surface area contributed by atoms with Crippen molar-refractivity contribution in [2.24, 2.45) is 5.73 Å². The second-order valence-electron chi connectivity index (χ2n) is 3.04. The SMILES string of the molecule is N#CCCCOc1c(Br)cccc1CN. The van der Waals surface area contributed by atoms with Gasteiger partial charge in [-0.3, -0.25) is 0 Å². The Morgan fingerprint density at radius 2 is 2.27 bits per heavy atom. The molecule has 0 amide bonds. The Morgan fingerprint density at radius 1 is 1.47 bits per heavy atom. The predicted octanol–water partition coefficient (Wildman–Crippen LogP) is 2.59. The number of nitrogens with zero attached hydrogens (tertiary/aromatic N) is 1. The van der Waals surface area contributed by atoms with E-state index in [0.717, 1.165) is 22.2 Å². The summed E-state index contributed by atoms with van der Waals surface area (Å²) in [6.07, 6.45) is 1.25. The predicted molar refractivity (Wildman–Crippen MR) is 62.4 cm³/mol. The van der Waals surface area contributed by atoms with Gasteiger partial charge in [0.1, 0.15) is 5.75 Å². The zero-order valence-electron chi connectivity index (χ0n) is 8.37. The van der Waals surface area contributed by atoms with Crippen LogP contribution in [0, 0.1) is 11.3 Å². The molecule has 15 heavy (non-hydrogen) atoms. The minimum Gasteiger partial charge on any atom is -0.492 e. The van der Waals surface area contributed by atoms with Gasteiger partial charge in [-0.05, 0) is 28.4 Å². The lowest BCUT2D eigenvalue weighted by molar-refractivity contribution is 0.307. The third-order valence-electron chi connectivity index (χ3n) is 1.95. The van der Waals surface area contributed by atoms with E-state index in [1.54, 1.807) is 0 Å². The average Bonchev–Trinajstić information content (AvgIpc) is 2.26. The Morgan fingerprint density at radius 3 is 2.93 bits per heavy atom. The van der Waals surface area contributed by atoms with Crippen LogP contribution in [0.15, 0.2) is 22.7 Å². The molecule has 0 aromatic heterocycles. The fourth-order valence-electron chi connectivity index (χ4n) is 1.20. The summed E-state index contributed by atoms with van der Waals surface area (Å²) >= 11 is 3.41. The summed E-state index contributed by atoms with van der Waals surface area (Å²) in [4.78, 5) is 0. The number of hydrogen-bond acceptors (Lipinski definition) is 3. The lowest BCUT2D eigenvalue weighted by Crippen LogP contribution is -2.04. The van der Waals surface area contributed by atoms with E-state index in [1.165, 1.54) is 0 Å². The van der Waals surface area contributed by atoms with E-state index < -0.39 is 0 Å². The van der Waals surface area contributed by atoms with Crippen LogP contribution < -0.4 is 10.5 Å². The van der Waals surface area contributed by atoms with E-state index in [0.29, 0.717) is 19.6 Å². The Hall–Kier alpha value is -1.05. The van der Waals surface area contributed by atoms with Crippen LogP contribution in [0.1, 0.15) is 18.4 Å². The van der Waals surface area contributed by atoms with Gasteiger partial charge in [0.05, 0.1) is 17.1 Å². The van der Waals surface area contributed by atoms with Crippen molar-refractivity contribution in [3.63, 3.8) is 0 Å². The first-order valence-corrected chi connectivity index (χ1v) is 5.56. The monoisotopic (exact) mass is 268 g/mol. The Kier molecular flexibility index (Phi) is 5.16. The molecule has 0 radical (unpaired) electrons. The van der Waals surface area contributed by atoms with Crippen LogP contribution in [-0.2, 0) is 6.54 Å². The molecule has 0 saturated heterocycles. The van der Waals surface area contributed by atoms with Crippen LogP contribution in [0.4, 0.5) is 0 Å². The number of rotatable bonds is 5. The minimum atomic E-state index is 0.451. The van der Waals surface area contributed by atoms with E-state index >= 15 is 0 Å². The molecular weight excluding hydrogens is 256 g/mol. The molecule has 1 aromatic carbocycles. The summed E-state index contributed by atoms with van der Waals surface area (Å²) in [5.41, 5.74) is 6.57. The second kappa shape index (κ2) is 6.44. The molecule has 1 rings (SSSR count). The number of hydrogen-bond donors (Lipinski definition) is 1. The topological polar surface area (TPSA) is 59.0 Å². The van der Waals surface area contributed by atoms with Gasteiger partial charge in [-0.15, -0.1) is 0 Å². The lowest BCUT2D eigenvalue weighted by Gasteiger charge is -2.11. The van der Waals surface area contributed by atoms with Crippen molar-refractivity contribution in [2.45, 2.75) is 19.4 Å². The second-order valence-corrected chi connectivity index (χ2v) is 3.90. The van der Waals surface area contributed by atoms with Crippen molar-refractivity contribution in [1.82, 2.24) is 0 Å². The summed E-state index contributed by atoms with van der Waals surface area (Å²) < 4.78 is 6.49. The highest BCUT2D eigenvalue weighted by atomic mass is 79.9. The van der Waals surface area contributed by atoms with Crippen molar-refractivity contribution in [2.75, 3.05) is 6.61 Å². The Balaban J connectivity index is 2.63. The zero-order valence-corrected chi connectivity index (χ0v) is 9.96. The maximum Gasteiger partial charge on any atom is 0.137 e. The maximum atomic E-state index is 8.38. The van der Waals surface area contributed by atoms with Crippen LogP contribution in [0.25, 0.3) is 0 Å². The summed E-state index contributed by atoms with van der Waals surface area (Å²) in [6, 6.07) is 7.86. The normalized spacial score (nSPS) is 9.67. The lowest BCUT2D eigenvalue weighted by atomic mass is 10.2.